The second-order valence-electron chi connectivity index (χ2n) is 7.05. The van der Waals surface area contributed by atoms with Gasteiger partial charge in [0.2, 0.25) is 0 Å². The van der Waals surface area contributed by atoms with Crippen molar-refractivity contribution in [3.8, 4) is 11.5 Å². The number of methoxy groups -OCH3 is 2. The number of hydrogen-bond acceptors (Lipinski definition) is 6. The van der Waals surface area contributed by atoms with E-state index in [1.54, 1.807) is 37.0 Å². The molecule has 0 atom stereocenters. The van der Waals surface area contributed by atoms with Crippen molar-refractivity contribution in [2.45, 2.75) is 39.2 Å². The van der Waals surface area contributed by atoms with Gasteiger partial charge in [-0.2, -0.15) is 0 Å². The van der Waals surface area contributed by atoms with Gasteiger partial charge in [-0.15, -0.1) is 11.3 Å². The Labute approximate surface area is 172 Å². The Morgan fingerprint density at radius 3 is 2.79 bits per heavy atom. The quantitative estimate of drug-likeness (QED) is 0.704. The molecule has 1 amide bonds. The summed E-state index contributed by atoms with van der Waals surface area (Å²) in [4.78, 5) is 31.9. The van der Waals surface area contributed by atoms with Crippen molar-refractivity contribution in [2.75, 3.05) is 19.5 Å². The highest BCUT2D eigenvalue weighted by Crippen LogP contribution is 2.32. The summed E-state index contributed by atoms with van der Waals surface area (Å²) in [5.41, 5.74) is 1.13. The summed E-state index contributed by atoms with van der Waals surface area (Å²) in [5, 5.41) is 3.43. The van der Waals surface area contributed by atoms with Gasteiger partial charge in [-0.25, -0.2) is 4.98 Å². The molecule has 0 unspecified atom stereocenters. The number of benzene rings is 1. The number of aromatic nitrogens is 2. The van der Waals surface area contributed by atoms with Crippen molar-refractivity contribution in [2.24, 2.45) is 0 Å². The van der Waals surface area contributed by atoms with E-state index in [1.165, 1.54) is 11.3 Å². The maximum atomic E-state index is 13.1. The van der Waals surface area contributed by atoms with Gasteiger partial charge in [-0.05, 0) is 37.5 Å². The predicted molar refractivity (Wildman–Crippen MR) is 114 cm³/mol. The van der Waals surface area contributed by atoms with E-state index in [1.807, 2.05) is 6.92 Å². The van der Waals surface area contributed by atoms with Crippen LogP contribution in [0.2, 0.25) is 0 Å². The van der Waals surface area contributed by atoms with Crippen LogP contribution in [-0.4, -0.2) is 29.7 Å². The number of carbonyl (C=O) groups excluding carboxylic acids is 1. The molecule has 0 spiro atoms. The Balaban J connectivity index is 1.75. The van der Waals surface area contributed by atoms with E-state index in [9.17, 15) is 9.59 Å². The standard InChI is InChI=1S/C21H23N3O4S/c1-12-17-20(23-16-7-5-4-6-10-24(16)21(17)26)29-18(12)19(25)22-14-11-13(27-2)8-9-15(14)28-3/h8-9,11H,4-7,10H2,1-3H3,(H,22,25). The lowest BCUT2D eigenvalue weighted by Crippen LogP contribution is -2.24. The Bertz CT molecular complexity index is 1150. The Kier molecular flexibility index (Phi) is 5.27. The van der Waals surface area contributed by atoms with E-state index in [0.29, 0.717) is 44.4 Å². The number of anilines is 1. The van der Waals surface area contributed by atoms with Gasteiger partial charge in [0.1, 0.15) is 22.2 Å². The molecule has 4 rings (SSSR count). The molecule has 0 aliphatic carbocycles. The zero-order valence-corrected chi connectivity index (χ0v) is 17.5. The van der Waals surface area contributed by atoms with Crippen molar-refractivity contribution < 1.29 is 14.3 Å². The van der Waals surface area contributed by atoms with Gasteiger partial charge < -0.3 is 14.8 Å². The molecule has 2 aromatic heterocycles. The number of hydrogen-bond donors (Lipinski definition) is 1. The minimum absolute atomic E-state index is 0.0429. The lowest BCUT2D eigenvalue weighted by molar-refractivity contribution is 0.102. The molecular formula is C21H23N3O4S. The monoisotopic (exact) mass is 413 g/mol. The number of rotatable bonds is 4. The third kappa shape index (κ3) is 3.48. The molecule has 0 saturated heterocycles. The van der Waals surface area contributed by atoms with E-state index < -0.39 is 0 Å². The number of carbonyl (C=O) groups is 1. The maximum Gasteiger partial charge on any atom is 0.266 e. The van der Waals surface area contributed by atoms with Crippen LogP contribution in [0.3, 0.4) is 0 Å². The topological polar surface area (TPSA) is 82.4 Å². The zero-order valence-electron chi connectivity index (χ0n) is 16.7. The minimum atomic E-state index is -0.295. The van der Waals surface area contributed by atoms with E-state index in [-0.39, 0.29) is 11.5 Å². The van der Waals surface area contributed by atoms with Crippen LogP contribution < -0.4 is 20.3 Å². The second kappa shape index (κ2) is 7.87. The van der Waals surface area contributed by atoms with Crippen molar-refractivity contribution in [3.05, 3.63) is 44.8 Å². The lowest BCUT2D eigenvalue weighted by Gasteiger charge is -2.11. The first kappa shape index (κ1) is 19.4. The van der Waals surface area contributed by atoms with Crippen LogP contribution in [0.1, 0.15) is 40.3 Å². The molecule has 3 heterocycles. The summed E-state index contributed by atoms with van der Waals surface area (Å²) in [6, 6.07) is 5.20. The zero-order chi connectivity index (χ0) is 20.5. The van der Waals surface area contributed by atoms with Crippen LogP contribution in [0.4, 0.5) is 5.69 Å². The molecule has 0 bridgehead atoms. The van der Waals surface area contributed by atoms with Gasteiger partial charge in [-0.3, -0.25) is 14.2 Å². The minimum Gasteiger partial charge on any atom is -0.497 e. The average molecular weight is 413 g/mol. The highest BCUT2D eigenvalue weighted by atomic mass is 32.1. The predicted octanol–water partition coefficient (Wildman–Crippen LogP) is 3.76. The van der Waals surface area contributed by atoms with Gasteiger partial charge in [0.15, 0.2) is 0 Å². The first-order valence-electron chi connectivity index (χ1n) is 9.59. The molecule has 1 aliphatic heterocycles. The van der Waals surface area contributed by atoms with Crippen molar-refractivity contribution >= 4 is 33.1 Å². The molecule has 0 radical (unpaired) electrons. The molecule has 1 N–H and O–H groups in total. The molecule has 29 heavy (non-hydrogen) atoms. The molecule has 152 valence electrons. The van der Waals surface area contributed by atoms with E-state index in [4.69, 9.17) is 14.5 Å². The fraction of sp³-hybridized carbons (Fsp3) is 0.381. The molecule has 0 saturated carbocycles. The first-order valence-corrected chi connectivity index (χ1v) is 10.4. The van der Waals surface area contributed by atoms with Crippen molar-refractivity contribution in [1.82, 2.24) is 9.55 Å². The fourth-order valence-corrected chi connectivity index (χ4v) is 4.80. The number of aryl methyl sites for hydroxylation is 2. The van der Waals surface area contributed by atoms with Gasteiger partial charge >= 0.3 is 0 Å². The average Bonchev–Trinajstić information content (AvgIpc) is 2.89. The van der Waals surface area contributed by atoms with Gasteiger partial charge in [0, 0.05) is 19.0 Å². The third-order valence-corrected chi connectivity index (χ3v) is 6.46. The van der Waals surface area contributed by atoms with Crippen LogP contribution in [0.5, 0.6) is 11.5 Å². The lowest BCUT2D eigenvalue weighted by atomic mass is 10.2. The maximum absolute atomic E-state index is 13.1. The molecule has 1 aliphatic rings. The number of fused-ring (bicyclic) bond motifs is 2. The second-order valence-corrected chi connectivity index (χ2v) is 8.05. The number of nitrogens with zero attached hydrogens (tertiary/aromatic N) is 2. The summed E-state index contributed by atoms with van der Waals surface area (Å²) in [5.74, 6) is 1.67. The van der Waals surface area contributed by atoms with E-state index in [2.05, 4.69) is 5.32 Å². The van der Waals surface area contributed by atoms with Crippen LogP contribution in [0.15, 0.2) is 23.0 Å². The molecular weight excluding hydrogens is 390 g/mol. The van der Waals surface area contributed by atoms with Crippen LogP contribution >= 0.6 is 11.3 Å². The van der Waals surface area contributed by atoms with Crippen LogP contribution in [-0.2, 0) is 13.0 Å². The highest BCUT2D eigenvalue weighted by Gasteiger charge is 2.23. The van der Waals surface area contributed by atoms with Crippen molar-refractivity contribution in [3.63, 3.8) is 0 Å². The SMILES string of the molecule is COc1ccc(OC)c(NC(=O)c2sc3nc4n(c(=O)c3c2C)CCCCC4)c1. The fourth-order valence-electron chi connectivity index (χ4n) is 3.72. The Morgan fingerprint density at radius 1 is 1.21 bits per heavy atom. The highest BCUT2D eigenvalue weighted by molar-refractivity contribution is 7.20. The van der Waals surface area contributed by atoms with Crippen LogP contribution in [0, 0.1) is 6.92 Å². The summed E-state index contributed by atoms with van der Waals surface area (Å²) in [7, 11) is 3.10. The van der Waals surface area contributed by atoms with Crippen LogP contribution in [0.25, 0.3) is 10.2 Å². The first-order chi connectivity index (χ1) is 14.0. The van der Waals surface area contributed by atoms with Gasteiger partial charge in [0.25, 0.3) is 11.5 Å². The van der Waals surface area contributed by atoms with E-state index >= 15 is 0 Å². The van der Waals surface area contributed by atoms with Gasteiger partial charge in [-0.1, -0.05) is 6.42 Å². The number of ether oxygens (including phenoxy) is 2. The van der Waals surface area contributed by atoms with E-state index in [0.717, 1.165) is 31.5 Å². The molecule has 1 aromatic carbocycles. The molecule has 7 nitrogen and oxygen atoms in total. The number of amides is 1. The summed E-state index contributed by atoms with van der Waals surface area (Å²) >= 11 is 1.26. The molecule has 0 fully saturated rings. The summed E-state index contributed by atoms with van der Waals surface area (Å²) in [6.07, 6.45) is 3.91. The Morgan fingerprint density at radius 2 is 2.03 bits per heavy atom. The molecule has 3 aromatic rings. The smallest absolute Gasteiger partial charge is 0.266 e. The largest absolute Gasteiger partial charge is 0.497 e. The van der Waals surface area contributed by atoms with Gasteiger partial charge in [0.05, 0.1) is 30.2 Å². The number of nitrogens with one attached hydrogen (secondary N) is 1. The summed E-state index contributed by atoms with van der Waals surface area (Å²) in [6.45, 7) is 2.50. The van der Waals surface area contributed by atoms with Crippen molar-refractivity contribution in [1.29, 1.82) is 0 Å². The third-order valence-electron chi connectivity index (χ3n) is 5.27. The number of thiophene rings is 1. The normalized spacial score (nSPS) is 13.6. The Hall–Kier alpha value is -2.87. The summed E-state index contributed by atoms with van der Waals surface area (Å²) < 4.78 is 12.4. The molecule has 8 heteroatoms.